The van der Waals surface area contributed by atoms with Crippen LogP contribution in [0.25, 0.3) is 66.1 Å². The highest BCUT2D eigenvalue weighted by Crippen LogP contribution is 2.46. The molecule has 0 amide bonds. The number of nitrogens with zero attached hydrogens (tertiary/aromatic N) is 2. The van der Waals surface area contributed by atoms with Crippen LogP contribution in [0.1, 0.15) is 13.8 Å². The molecule has 43 heavy (non-hydrogen) atoms. The van der Waals surface area contributed by atoms with Gasteiger partial charge in [-0.15, -0.1) is 0 Å². The van der Waals surface area contributed by atoms with Crippen LogP contribution in [-0.2, 0) is 0 Å². The Morgan fingerprint density at radius 1 is 0.419 bits per heavy atom. The van der Waals surface area contributed by atoms with Crippen LogP contribution in [-0.4, -0.2) is 14.9 Å². The number of ether oxygens (including phenoxy) is 2. The zero-order chi connectivity index (χ0) is 28.7. The lowest BCUT2D eigenvalue weighted by atomic mass is 10.0. The van der Waals surface area contributed by atoms with Gasteiger partial charge in [0.1, 0.15) is 11.5 Å². The van der Waals surface area contributed by atoms with Gasteiger partial charge in [0.05, 0.1) is 22.1 Å². The molecule has 9 rings (SSSR count). The van der Waals surface area contributed by atoms with Crippen molar-refractivity contribution in [1.29, 1.82) is 0 Å². The monoisotopic (exact) mass is 556 g/mol. The van der Waals surface area contributed by atoms with Crippen LogP contribution in [0.5, 0.6) is 11.5 Å². The number of fused-ring (bicyclic) bond motifs is 9. The van der Waals surface area contributed by atoms with E-state index in [0.29, 0.717) is 0 Å². The molecule has 4 nitrogen and oxygen atoms in total. The molecule has 206 valence electrons. The van der Waals surface area contributed by atoms with Crippen molar-refractivity contribution in [1.82, 2.24) is 9.13 Å². The Labute approximate surface area is 248 Å². The molecule has 0 atom stereocenters. The van der Waals surface area contributed by atoms with Gasteiger partial charge in [0.2, 0.25) is 5.79 Å². The molecule has 0 unspecified atom stereocenters. The molecule has 3 heterocycles. The van der Waals surface area contributed by atoms with Crippen molar-refractivity contribution >= 4 is 43.6 Å². The van der Waals surface area contributed by atoms with Crippen LogP contribution in [0.3, 0.4) is 0 Å². The molecule has 0 radical (unpaired) electrons. The molecule has 8 aromatic rings. The van der Waals surface area contributed by atoms with E-state index in [1.807, 2.05) is 13.8 Å². The van der Waals surface area contributed by atoms with Gasteiger partial charge in [0.25, 0.3) is 0 Å². The van der Waals surface area contributed by atoms with E-state index in [4.69, 9.17) is 9.47 Å². The third-order valence-corrected chi connectivity index (χ3v) is 8.60. The van der Waals surface area contributed by atoms with Crippen molar-refractivity contribution in [3.63, 3.8) is 0 Å². The average molecular weight is 557 g/mol. The van der Waals surface area contributed by atoms with Gasteiger partial charge in [-0.25, -0.2) is 0 Å². The molecular formula is C39H28N2O2. The van der Waals surface area contributed by atoms with Gasteiger partial charge in [-0.2, -0.15) is 0 Å². The number of hydrogen-bond acceptors (Lipinski definition) is 2. The Bertz CT molecular complexity index is 2120. The van der Waals surface area contributed by atoms with Crippen LogP contribution in [0.2, 0.25) is 0 Å². The van der Waals surface area contributed by atoms with Gasteiger partial charge >= 0.3 is 0 Å². The smallest absolute Gasteiger partial charge is 0.245 e. The van der Waals surface area contributed by atoms with E-state index in [0.717, 1.165) is 34.0 Å². The predicted molar refractivity (Wildman–Crippen MR) is 176 cm³/mol. The highest BCUT2D eigenvalue weighted by atomic mass is 16.7. The third-order valence-electron chi connectivity index (χ3n) is 8.60. The van der Waals surface area contributed by atoms with Crippen LogP contribution < -0.4 is 9.47 Å². The average Bonchev–Trinajstić information content (AvgIpc) is 3.51. The summed E-state index contributed by atoms with van der Waals surface area (Å²) < 4.78 is 17.7. The Hall–Kier alpha value is -5.48. The van der Waals surface area contributed by atoms with Crippen LogP contribution in [0.15, 0.2) is 133 Å². The topological polar surface area (TPSA) is 28.3 Å². The quantitative estimate of drug-likeness (QED) is 0.212. The Balaban J connectivity index is 1.32. The minimum atomic E-state index is -0.831. The maximum Gasteiger partial charge on any atom is 0.245 e. The SMILES string of the molecule is CC1(C)Oc2ccc(-n3c4ccccc4c4ccccc43)cc2-c2cc(-n3c4ccccc4c4ccccc43)ccc2O1. The minimum Gasteiger partial charge on any atom is -0.452 e. The predicted octanol–water partition coefficient (Wildman–Crippen LogP) is 10.1. The minimum absolute atomic E-state index is 0.799. The summed E-state index contributed by atoms with van der Waals surface area (Å²) in [6.07, 6.45) is 0. The van der Waals surface area contributed by atoms with Crippen molar-refractivity contribution in [2.45, 2.75) is 19.6 Å². The summed E-state index contributed by atoms with van der Waals surface area (Å²) in [6.45, 7) is 3.93. The lowest BCUT2D eigenvalue weighted by Gasteiger charge is -2.25. The first-order valence-corrected chi connectivity index (χ1v) is 14.7. The Morgan fingerprint density at radius 3 is 1.09 bits per heavy atom. The number of aromatic nitrogens is 2. The van der Waals surface area contributed by atoms with Crippen molar-refractivity contribution in [2.75, 3.05) is 0 Å². The highest BCUT2D eigenvalue weighted by molar-refractivity contribution is 6.10. The summed E-state index contributed by atoms with van der Waals surface area (Å²) in [7, 11) is 0. The molecule has 1 aliphatic rings. The molecular weight excluding hydrogens is 528 g/mol. The summed E-state index contributed by atoms with van der Waals surface area (Å²) in [6, 6.07) is 47.4. The largest absolute Gasteiger partial charge is 0.452 e. The summed E-state index contributed by atoms with van der Waals surface area (Å²) in [5.41, 5.74) is 8.86. The normalized spacial score (nSPS) is 13.9. The summed E-state index contributed by atoms with van der Waals surface area (Å²) in [5, 5.41) is 4.95. The molecule has 6 aromatic carbocycles. The fourth-order valence-corrected chi connectivity index (χ4v) is 6.86. The van der Waals surface area contributed by atoms with Gasteiger partial charge in [-0.05, 0) is 60.7 Å². The third kappa shape index (κ3) is 3.56. The van der Waals surface area contributed by atoms with Crippen LogP contribution in [0, 0.1) is 0 Å². The van der Waals surface area contributed by atoms with Gasteiger partial charge in [-0.3, -0.25) is 0 Å². The molecule has 1 aliphatic heterocycles. The second-order valence-electron chi connectivity index (χ2n) is 11.7. The number of para-hydroxylation sites is 4. The van der Waals surface area contributed by atoms with E-state index < -0.39 is 5.79 Å². The number of hydrogen-bond donors (Lipinski definition) is 0. The van der Waals surface area contributed by atoms with Crippen LogP contribution in [0.4, 0.5) is 0 Å². The Kier molecular flexibility index (Phi) is 4.92. The number of rotatable bonds is 2. The second-order valence-corrected chi connectivity index (χ2v) is 11.7. The molecule has 0 aliphatic carbocycles. The van der Waals surface area contributed by atoms with E-state index in [2.05, 4.69) is 143 Å². The molecule has 2 aromatic heterocycles. The molecule has 0 saturated heterocycles. The van der Waals surface area contributed by atoms with E-state index in [1.54, 1.807) is 0 Å². The van der Waals surface area contributed by atoms with Gasteiger partial charge in [0, 0.05) is 57.9 Å². The fraction of sp³-hybridized carbons (Fsp3) is 0.0769. The first-order valence-electron chi connectivity index (χ1n) is 14.7. The van der Waals surface area contributed by atoms with Crippen molar-refractivity contribution < 1.29 is 9.47 Å². The summed E-state index contributed by atoms with van der Waals surface area (Å²) in [5.74, 6) is 0.767. The van der Waals surface area contributed by atoms with E-state index in [9.17, 15) is 0 Å². The zero-order valence-electron chi connectivity index (χ0n) is 23.9. The van der Waals surface area contributed by atoms with E-state index in [1.165, 1.54) is 43.6 Å². The van der Waals surface area contributed by atoms with Gasteiger partial charge in [0.15, 0.2) is 0 Å². The van der Waals surface area contributed by atoms with Crippen LogP contribution >= 0.6 is 0 Å². The van der Waals surface area contributed by atoms with E-state index in [-0.39, 0.29) is 0 Å². The second kappa shape index (κ2) is 8.76. The van der Waals surface area contributed by atoms with E-state index >= 15 is 0 Å². The van der Waals surface area contributed by atoms with Gasteiger partial charge < -0.3 is 18.6 Å². The molecule has 0 fully saturated rings. The number of benzene rings is 6. The molecule has 0 spiro atoms. The lowest BCUT2D eigenvalue weighted by Crippen LogP contribution is -2.34. The van der Waals surface area contributed by atoms with Crippen molar-refractivity contribution in [2.24, 2.45) is 0 Å². The van der Waals surface area contributed by atoms with Crippen molar-refractivity contribution in [3.05, 3.63) is 133 Å². The maximum atomic E-state index is 6.51. The lowest BCUT2D eigenvalue weighted by molar-refractivity contribution is -0.0778. The molecule has 0 saturated carbocycles. The fourth-order valence-electron chi connectivity index (χ4n) is 6.86. The van der Waals surface area contributed by atoms with Crippen molar-refractivity contribution in [3.8, 4) is 34.0 Å². The zero-order valence-corrected chi connectivity index (χ0v) is 23.9. The molecule has 4 heteroatoms. The Morgan fingerprint density at radius 2 is 0.744 bits per heavy atom. The first-order chi connectivity index (χ1) is 21.1. The maximum absolute atomic E-state index is 6.51. The van der Waals surface area contributed by atoms with Gasteiger partial charge in [-0.1, -0.05) is 72.8 Å². The molecule has 0 N–H and O–H groups in total. The summed E-state index contributed by atoms with van der Waals surface area (Å²) >= 11 is 0. The first kappa shape index (κ1) is 24.2. The highest BCUT2D eigenvalue weighted by Gasteiger charge is 2.30. The summed E-state index contributed by atoms with van der Waals surface area (Å²) in [4.78, 5) is 0. The standard InChI is InChI=1S/C39H28N2O2/c1-39(2)42-37-21-19-25(40-33-15-7-3-11-27(33)28-12-4-8-16-34(28)40)23-31(37)32-24-26(20-22-38(32)43-39)41-35-17-9-5-13-29(35)30-14-6-10-18-36(30)41/h3-24H,1-2H3. The molecule has 0 bridgehead atoms.